The normalized spacial score (nSPS) is 14.7. The number of halogens is 1. The molecule has 1 saturated heterocycles. The Balaban J connectivity index is 1.88. The summed E-state index contributed by atoms with van der Waals surface area (Å²) in [5, 5.41) is 1.50. The second-order valence-corrected chi connectivity index (χ2v) is 6.92. The zero-order valence-electron chi connectivity index (χ0n) is 13.6. The van der Waals surface area contributed by atoms with E-state index < -0.39 is 0 Å². The standard InChI is InChI=1S/C17H18ClN3O3S/c1-2-5-21-16(23)13-4-3-12(18)10-14(13)19-17(21)25-11-15(22)20-6-8-24-9-7-20/h2-4,10H,1,5-9,11H2. The summed E-state index contributed by atoms with van der Waals surface area (Å²) in [4.78, 5) is 31.3. The lowest BCUT2D eigenvalue weighted by Crippen LogP contribution is -2.41. The molecule has 8 heteroatoms. The number of rotatable bonds is 5. The van der Waals surface area contributed by atoms with Crippen LogP contribution in [0, 0.1) is 0 Å². The van der Waals surface area contributed by atoms with Gasteiger partial charge in [-0.05, 0) is 18.2 Å². The molecule has 0 bridgehead atoms. The minimum atomic E-state index is -0.164. The molecule has 1 aromatic carbocycles. The van der Waals surface area contributed by atoms with Gasteiger partial charge in [0.1, 0.15) is 0 Å². The van der Waals surface area contributed by atoms with E-state index in [0.29, 0.717) is 53.9 Å². The first-order valence-electron chi connectivity index (χ1n) is 7.89. The van der Waals surface area contributed by atoms with Gasteiger partial charge in [0.2, 0.25) is 5.91 Å². The van der Waals surface area contributed by atoms with Gasteiger partial charge >= 0.3 is 0 Å². The number of amides is 1. The van der Waals surface area contributed by atoms with Crippen molar-refractivity contribution in [2.24, 2.45) is 0 Å². The van der Waals surface area contributed by atoms with Crippen LogP contribution < -0.4 is 5.56 Å². The maximum Gasteiger partial charge on any atom is 0.262 e. The third kappa shape index (κ3) is 4.05. The van der Waals surface area contributed by atoms with E-state index in [1.165, 1.54) is 16.3 Å². The predicted molar refractivity (Wildman–Crippen MR) is 99.3 cm³/mol. The Bertz CT molecular complexity index is 862. The van der Waals surface area contributed by atoms with Crippen molar-refractivity contribution >= 4 is 40.2 Å². The number of hydrogen-bond donors (Lipinski definition) is 0. The topological polar surface area (TPSA) is 64.4 Å². The largest absolute Gasteiger partial charge is 0.378 e. The fourth-order valence-corrected chi connectivity index (χ4v) is 3.68. The van der Waals surface area contributed by atoms with Gasteiger partial charge in [-0.3, -0.25) is 14.2 Å². The summed E-state index contributed by atoms with van der Waals surface area (Å²) in [5.41, 5.74) is 0.363. The summed E-state index contributed by atoms with van der Waals surface area (Å²) in [6.45, 7) is 6.34. The number of fused-ring (bicyclic) bond motifs is 1. The van der Waals surface area contributed by atoms with Crippen molar-refractivity contribution in [2.45, 2.75) is 11.7 Å². The third-order valence-electron chi connectivity index (χ3n) is 3.88. The minimum absolute atomic E-state index is 0.0129. The first-order chi connectivity index (χ1) is 12.1. The van der Waals surface area contributed by atoms with Gasteiger partial charge in [-0.2, -0.15) is 0 Å². The lowest BCUT2D eigenvalue weighted by molar-refractivity contribution is -0.132. The number of ether oxygens (including phenoxy) is 1. The van der Waals surface area contributed by atoms with Gasteiger partial charge in [0.05, 0.1) is 29.9 Å². The van der Waals surface area contributed by atoms with E-state index in [0.717, 1.165) is 0 Å². The summed E-state index contributed by atoms with van der Waals surface area (Å²) in [7, 11) is 0. The Kier molecular flexibility index (Phi) is 5.78. The van der Waals surface area contributed by atoms with Crippen molar-refractivity contribution in [1.29, 1.82) is 0 Å². The van der Waals surface area contributed by atoms with Crippen LogP contribution in [-0.4, -0.2) is 52.4 Å². The van der Waals surface area contributed by atoms with Gasteiger partial charge in [-0.1, -0.05) is 29.4 Å². The maximum atomic E-state index is 12.7. The van der Waals surface area contributed by atoms with Crippen LogP contribution in [0.1, 0.15) is 0 Å². The predicted octanol–water partition coefficient (Wildman–Crippen LogP) is 2.19. The molecule has 0 saturated carbocycles. The second kappa shape index (κ2) is 8.03. The monoisotopic (exact) mass is 379 g/mol. The van der Waals surface area contributed by atoms with E-state index in [9.17, 15) is 9.59 Å². The highest BCUT2D eigenvalue weighted by Gasteiger charge is 2.18. The summed E-state index contributed by atoms with van der Waals surface area (Å²) in [6.07, 6.45) is 1.64. The van der Waals surface area contributed by atoms with Crippen LogP contribution in [0.4, 0.5) is 0 Å². The Morgan fingerprint density at radius 2 is 2.16 bits per heavy atom. The van der Waals surface area contributed by atoms with Gasteiger partial charge in [0.25, 0.3) is 5.56 Å². The van der Waals surface area contributed by atoms with Crippen LogP contribution in [0.25, 0.3) is 10.9 Å². The van der Waals surface area contributed by atoms with E-state index in [1.54, 1.807) is 29.2 Å². The smallest absolute Gasteiger partial charge is 0.262 e. The van der Waals surface area contributed by atoms with Gasteiger partial charge in [0, 0.05) is 24.7 Å². The molecule has 6 nitrogen and oxygen atoms in total. The molecule has 0 N–H and O–H groups in total. The fraction of sp³-hybridized carbons (Fsp3) is 0.353. The van der Waals surface area contributed by atoms with Crippen molar-refractivity contribution in [3.8, 4) is 0 Å². The van der Waals surface area contributed by atoms with Gasteiger partial charge < -0.3 is 9.64 Å². The first-order valence-corrected chi connectivity index (χ1v) is 9.26. The van der Waals surface area contributed by atoms with Crippen molar-refractivity contribution in [3.63, 3.8) is 0 Å². The number of aromatic nitrogens is 2. The van der Waals surface area contributed by atoms with Crippen LogP contribution in [0.5, 0.6) is 0 Å². The molecule has 1 fully saturated rings. The lowest BCUT2D eigenvalue weighted by Gasteiger charge is -2.26. The molecule has 1 amide bonds. The number of carbonyl (C=O) groups is 1. The van der Waals surface area contributed by atoms with E-state index in [2.05, 4.69) is 11.6 Å². The number of benzene rings is 1. The molecular weight excluding hydrogens is 362 g/mol. The van der Waals surface area contributed by atoms with Crippen LogP contribution >= 0.6 is 23.4 Å². The fourth-order valence-electron chi connectivity index (χ4n) is 2.60. The summed E-state index contributed by atoms with van der Waals surface area (Å²) < 4.78 is 6.79. The van der Waals surface area contributed by atoms with Crippen LogP contribution in [-0.2, 0) is 16.1 Å². The highest BCUT2D eigenvalue weighted by atomic mass is 35.5. The Morgan fingerprint density at radius 1 is 1.40 bits per heavy atom. The average molecular weight is 380 g/mol. The molecule has 1 aliphatic rings. The zero-order valence-corrected chi connectivity index (χ0v) is 15.2. The number of carbonyl (C=O) groups excluding carboxylic acids is 1. The van der Waals surface area contributed by atoms with Crippen molar-refractivity contribution in [2.75, 3.05) is 32.1 Å². The highest BCUT2D eigenvalue weighted by Crippen LogP contribution is 2.21. The molecule has 132 valence electrons. The second-order valence-electron chi connectivity index (χ2n) is 5.54. The van der Waals surface area contributed by atoms with E-state index in [-0.39, 0.29) is 17.2 Å². The van der Waals surface area contributed by atoms with Crippen molar-refractivity contribution in [1.82, 2.24) is 14.5 Å². The minimum Gasteiger partial charge on any atom is -0.378 e. The van der Waals surface area contributed by atoms with Crippen LogP contribution in [0.2, 0.25) is 5.02 Å². The quantitative estimate of drug-likeness (QED) is 0.452. The molecular formula is C17H18ClN3O3S. The molecule has 25 heavy (non-hydrogen) atoms. The van der Waals surface area contributed by atoms with E-state index in [4.69, 9.17) is 16.3 Å². The number of morpholine rings is 1. The van der Waals surface area contributed by atoms with Gasteiger partial charge in [0.15, 0.2) is 5.16 Å². The lowest BCUT2D eigenvalue weighted by atomic mass is 10.2. The van der Waals surface area contributed by atoms with Crippen LogP contribution in [0.15, 0.2) is 40.8 Å². The Hall–Kier alpha value is -1.83. The van der Waals surface area contributed by atoms with Gasteiger partial charge in [-0.15, -0.1) is 6.58 Å². The van der Waals surface area contributed by atoms with Crippen molar-refractivity contribution < 1.29 is 9.53 Å². The number of hydrogen-bond acceptors (Lipinski definition) is 5. The number of allylic oxidation sites excluding steroid dienone is 1. The van der Waals surface area contributed by atoms with Crippen molar-refractivity contribution in [3.05, 3.63) is 46.2 Å². The Morgan fingerprint density at radius 3 is 2.88 bits per heavy atom. The summed E-state index contributed by atoms with van der Waals surface area (Å²) in [5.74, 6) is 0.231. The van der Waals surface area contributed by atoms with Crippen LogP contribution in [0.3, 0.4) is 0 Å². The van der Waals surface area contributed by atoms with E-state index in [1.807, 2.05) is 0 Å². The first kappa shape index (κ1) is 18.0. The molecule has 1 aromatic heterocycles. The zero-order chi connectivity index (χ0) is 17.8. The molecule has 0 atom stereocenters. The molecule has 0 aliphatic carbocycles. The molecule has 0 unspecified atom stereocenters. The summed E-state index contributed by atoms with van der Waals surface area (Å²) in [6, 6.07) is 4.99. The molecule has 0 spiro atoms. The molecule has 2 heterocycles. The SMILES string of the molecule is C=CCn1c(SCC(=O)N2CCOCC2)nc2cc(Cl)ccc2c1=O. The molecule has 1 aliphatic heterocycles. The molecule has 2 aromatic rings. The average Bonchev–Trinajstić information content (AvgIpc) is 2.63. The third-order valence-corrected chi connectivity index (χ3v) is 5.08. The number of thioether (sulfide) groups is 1. The molecule has 3 rings (SSSR count). The van der Waals surface area contributed by atoms with E-state index >= 15 is 0 Å². The molecule has 0 radical (unpaired) electrons. The number of nitrogens with zero attached hydrogens (tertiary/aromatic N) is 3. The van der Waals surface area contributed by atoms with Gasteiger partial charge in [-0.25, -0.2) is 4.98 Å². The summed E-state index contributed by atoms with van der Waals surface area (Å²) >= 11 is 7.26. The highest BCUT2D eigenvalue weighted by molar-refractivity contribution is 7.99. The Labute approximate surface area is 154 Å². The maximum absolute atomic E-state index is 12.7.